The maximum atomic E-state index is 11.9. The third-order valence-corrected chi connectivity index (χ3v) is 4.58. The van der Waals surface area contributed by atoms with Gasteiger partial charge in [-0.15, -0.1) is 0 Å². The number of aliphatic hydroxyl groups is 1. The van der Waals surface area contributed by atoms with Crippen molar-refractivity contribution in [3.8, 4) is 0 Å². The Balaban J connectivity index is 1.62. The number of carbonyl (C=O) groups excluding carboxylic acids is 1. The number of rotatable bonds is 5. The molecule has 2 fully saturated rings. The number of carbonyl (C=O) groups is 1. The number of amides is 1. The van der Waals surface area contributed by atoms with Crippen molar-refractivity contribution in [1.29, 1.82) is 0 Å². The number of ether oxygens (including phenoxy) is 1. The Morgan fingerprint density at radius 3 is 2.57 bits per heavy atom. The first-order valence-corrected chi connectivity index (χ1v) is 8.39. The topological polar surface area (TPSA) is 61.8 Å². The van der Waals surface area contributed by atoms with Crippen LogP contribution < -0.4 is 5.32 Å². The molecule has 2 unspecified atom stereocenters. The average molecular weight is 298 g/mol. The minimum atomic E-state index is -0.173. The second-order valence-corrected chi connectivity index (χ2v) is 6.90. The van der Waals surface area contributed by atoms with E-state index in [1.807, 2.05) is 18.7 Å². The molecule has 0 radical (unpaired) electrons. The molecule has 2 aliphatic rings. The normalized spacial score (nSPS) is 27.3. The Bertz CT molecular complexity index is 327. The molecule has 0 spiro atoms. The van der Waals surface area contributed by atoms with Gasteiger partial charge >= 0.3 is 6.09 Å². The summed E-state index contributed by atoms with van der Waals surface area (Å²) < 4.78 is 5.27. The van der Waals surface area contributed by atoms with Crippen LogP contribution in [0.5, 0.6) is 0 Å². The monoisotopic (exact) mass is 298 g/mol. The standard InChI is InChI=1S/C16H30N2O3/c1-12(2)11-21-16(20)18-8-6-14(7-9-18)17-10-13-4-3-5-15(13)19/h12-15,17,19H,3-11H2,1-2H3. The smallest absolute Gasteiger partial charge is 0.409 e. The van der Waals surface area contributed by atoms with Gasteiger partial charge in [-0.3, -0.25) is 0 Å². The van der Waals surface area contributed by atoms with Crippen molar-refractivity contribution in [3.63, 3.8) is 0 Å². The van der Waals surface area contributed by atoms with Crippen LogP contribution in [0.25, 0.3) is 0 Å². The molecule has 0 aromatic carbocycles. The summed E-state index contributed by atoms with van der Waals surface area (Å²) in [5, 5.41) is 13.4. The van der Waals surface area contributed by atoms with Crippen LogP contribution in [0.15, 0.2) is 0 Å². The first-order valence-electron chi connectivity index (χ1n) is 8.39. The van der Waals surface area contributed by atoms with Crippen LogP contribution in [0.4, 0.5) is 4.79 Å². The van der Waals surface area contributed by atoms with Crippen molar-refractivity contribution < 1.29 is 14.6 Å². The fraction of sp³-hybridized carbons (Fsp3) is 0.938. The highest BCUT2D eigenvalue weighted by molar-refractivity contribution is 5.67. The molecular formula is C16H30N2O3. The lowest BCUT2D eigenvalue weighted by Crippen LogP contribution is -2.46. The minimum absolute atomic E-state index is 0.122. The van der Waals surface area contributed by atoms with Gasteiger partial charge in [0.05, 0.1) is 12.7 Å². The summed E-state index contributed by atoms with van der Waals surface area (Å²) >= 11 is 0. The van der Waals surface area contributed by atoms with Gasteiger partial charge in [-0.1, -0.05) is 20.3 Å². The van der Waals surface area contributed by atoms with E-state index in [0.29, 0.717) is 24.5 Å². The summed E-state index contributed by atoms with van der Waals surface area (Å²) in [6, 6.07) is 0.465. The van der Waals surface area contributed by atoms with E-state index >= 15 is 0 Å². The fourth-order valence-corrected chi connectivity index (χ4v) is 3.17. The highest BCUT2D eigenvalue weighted by atomic mass is 16.6. The first kappa shape index (κ1) is 16.6. The van der Waals surface area contributed by atoms with E-state index in [0.717, 1.165) is 51.7 Å². The van der Waals surface area contributed by atoms with Crippen molar-refractivity contribution in [3.05, 3.63) is 0 Å². The summed E-state index contributed by atoms with van der Waals surface area (Å²) in [6.45, 7) is 7.02. The maximum absolute atomic E-state index is 11.9. The summed E-state index contributed by atoms with van der Waals surface area (Å²) in [5.41, 5.74) is 0. The SMILES string of the molecule is CC(C)COC(=O)N1CCC(NCC2CCCC2O)CC1. The van der Waals surface area contributed by atoms with Crippen molar-refractivity contribution >= 4 is 6.09 Å². The van der Waals surface area contributed by atoms with Gasteiger partial charge in [-0.2, -0.15) is 0 Å². The van der Waals surface area contributed by atoms with Gasteiger partial charge in [-0.25, -0.2) is 4.79 Å². The molecule has 1 amide bonds. The Hall–Kier alpha value is -0.810. The zero-order valence-corrected chi connectivity index (χ0v) is 13.4. The quantitative estimate of drug-likeness (QED) is 0.815. The number of hydrogen-bond donors (Lipinski definition) is 2. The van der Waals surface area contributed by atoms with E-state index in [1.165, 1.54) is 0 Å². The minimum Gasteiger partial charge on any atom is -0.449 e. The molecule has 1 aliphatic heterocycles. The highest BCUT2D eigenvalue weighted by Crippen LogP contribution is 2.25. The largest absolute Gasteiger partial charge is 0.449 e. The summed E-state index contributed by atoms with van der Waals surface area (Å²) in [6.07, 6.45) is 4.88. The lowest BCUT2D eigenvalue weighted by atomic mass is 10.0. The number of nitrogens with one attached hydrogen (secondary N) is 1. The molecular weight excluding hydrogens is 268 g/mol. The van der Waals surface area contributed by atoms with Crippen molar-refractivity contribution in [2.75, 3.05) is 26.2 Å². The van der Waals surface area contributed by atoms with Crippen molar-refractivity contribution in [2.24, 2.45) is 11.8 Å². The van der Waals surface area contributed by atoms with E-state index in [1.54, 1.807) is 0 Å². The van der Waals surface area contributed by atoms with E-state index in [9.17, 15) is 9.90 Å². The maximum Gasteiger partial charge on any atom is 0.409 e. The van der Waals surface area contributed by atoms with Gasteiger partial charge in [0.15, 0.2) is 0 Å². The number of likely N-dealkylation sites (tertiary alicyclic amines) is 1. The van der Waals surface area contributed by atoms with Gasteiger partial charge in [0.1, 0.15) is 0 Å². The fourth-order valence-electron chi connectivity index (χ4n) is 3.17. The van der Waals surface area contributed by atoms with Crippen LogP contribution in [-0.4, -0.2) is 54.5 Å². The summed E-state index contributed by atoms with van der Waals surface area (Å²) in [7, 11) is 0. The third kappa shape index (κ3) is 5.15. The first-order chi connectivity index (χ1) is 10.1. The van der Waals surface area contributed by atoms with Gasteiger partial charge < -0.3 is 20.1 Å². The predicted molar refractivity (Wildman–Crippen MR) is 82.1 cm³/mol. The number of hydrogen-bond acceptors (Lipinski definition) is 4. The Labute approximate surface area is 128 Å². The zero-order chi connectivity index (χ0) is 15.2. The summed E-state index contributed by atoms with van der Waals surface area (Å²) in [5.74, 6) is 0.796. The molecule has 21 heavy (non-hydrogen) atoms. The van der Waals surface area contributed by atoms with Crippen molar-refractivity contribution in [2.45, 2.75) is 58.1 Å². The molecule has 1 saturated heterocycles. The van der Waals surface area contributed by atoms with Gasteiger partial charge in [0.2, 0.25) is 0 Å². The lowest BCUT2D eigenvalue weighted by molar-refractivity contribution is 0.0805. The second kappa shape index (κ2) is 7.99. The number of aliphatic hydroxyl groups excluding tert-OH is 1. The Morgan fingerprint density at radius 1 is 1.29 bits per heavy atom. The molecule has 1 aliphatic carbocycles. The highest BCUT2D eigenvalue weighted by Gasteiger charge is 2.27. The average Bonchev–Trinajstić information content (AvgIpc) is 2.88. The Kier molecular flexibility index (Phi) is 6.30. The molecule has 0 aromatic heterocycles. The van der Waals surface area contributed by atoms with Crippen LogP contribution in [-0.2, 0) is 4.74 Å². The van der Waals surface area contributed by atoms with Gasteiger partial charge in [0.25, 0.3) is 0 Å². The van der Waals surface area contributed by atoms with Gasteiger partial charge in [0, 0.05) is 25.7 Å². The third-order valence-electron chi connectivity index (χ3n) is 4.58. The van der Waals surface area contributed by atoms with Crippen LogP contribution in [0.2, 0.25) is 0 Å². The van der Waals surface area contributed by atoms with Crippen molar-refractivity contribution in [1.82, 2.24) is 10.2 Å². The molecule has 122 valence electrons. The van der Waals surface area contributed by atoms with Gasteiger partial charge in [-0.05, 0) is 37.5 Å². The second-order valence-electron chi connectivity index (χ2n) is 6.90. The van der Waals surface area contributed by atoms with Crippen LogP contribution in [0.1, 0.15) is 46.0 Å². The van der Waals surface area contributed by atoms with E-state index < -0.39 is 0 Å². The zero-order valence-electron chi connectivity index (χ0n) is 13.4. The summed E-state index contributed by atoms with van der Waals surface area (Å²) in [4.78, 5) is 13.7. The molecule has 1 heterocycles. The molecule has 2 N–H and O–H groups in total. The van der Waals surface area contributed by atoms with Crippen LogP contribution in [0, 0.1) is 11.8 Å². The molecule has 0 bridgehead atoms. The molecule has 5 heteroatoms. The Morgan fingerprint density at radius 2 is 2.00 bits per heavy atom. The van der Waals surface area contributed by atoms with E-state index in [4.69, 9.17) is 4.74 Å². The van der Waals surface area contributed by atoms with Crippen LogP contribution >= 0.6 is 0 Å². The van der Waals surface area contributed by atoms with E-state index in [2.05, 4.69) is 5.32 Å². The molecule has 2 atom stereocenters. The predicted octanol–water partition coefficient (Wildman–Crippen LogP) is 1.99. The number of nitrogens with zero attached hydrogens (tertiary/aromatic N) is 1. The molecule has 5 nitrogen and oxygen atoms in total. The number of piperidine rings is 1. The van der Waals surface area contributed by atoms with Crippen LogP contribution in [0.3, 0.4) is 0 Å². The lowest BCUT2D eigenvalue weighted by Gasteiger charge is -2.32. The molecule has 0 aromatic rings. The molecule has 1 saturated carbocycles. The van der Waals surface area contributed by atoms with E-state index in [-0.39, 0.29) is 12.2 Å². The molecule has 2 rings (SSSR count).